The van der Waals surface area contributed by atoms with Gasteiger partial charge >= 0.3 is 5.97 Å². The lowest BCUT2D eigenvalue weighted by Crippen LogP contribution is -2.57. The standard InChI is InChI=1S/C17H18FN3O4/c18-12-3-1-2-11(6-12)8-17(16(24)25)9-21(5-4-13(17)22)14-7-15(23)20-10-19-14/h1-3,6-7,10,13,22H,4-5,8-9H2,(H,24,25)(H,19,20,23)/t13-,17+/m0/s1. The first-order chi connectivity index (χ1) is 11.9. The molecule has 0 bridgehead atoms. The van der Waals surface area contributed by atoms with Gasteiger partial charge in [0.15, 0.2) is 0 Å². The highest BCUT2D eigenvalue weighted by Gasteiger charge is 2.49. The second-order valence-corrected chi connectivity index (χ2v) is 6.26. The molecule has 1 aliphatic rings. The maximum Gasteiger partial charge on any atom is 0.314 e. The first kappa shape index (κ1) is 17.1. The zero-order chi connectivity index (χ0) is 18.0. The highest BCUT2D eigenvalue weighted by Crippen LogP contribution is 2.36. The molecule has 0 saturated carbocycles. The van der Waals surface area contributed by atoms with Crippen molar-refractivity contribution >= 4 is 11.8 Å². The SMILES string of the molecule is O=C(O)[C@]1(Cc2cccc(F)c2)CN(c2cc(=O)[nH]cn2)CC[C@@H]1O. The van der Waals surface area contributed by atoms with Gasteiger partial charge in [-0.3, -0.25) is 9.59 Å². The number of aromatic amines is 1. The molecule has 0 aliphatic carbocycles. The second-order valence-electron chi connectivity index (χ2n) is 6.26. The molecule has 2 atom stereocenters. The fourth-order valence-electron chi connectivity index (χ4n) is 3.28. The van der Waals surface area contributed by atoms with Gasteiger partial charge < -0.3 is 20.1 Å². The molecule has 8 heteroatoms. The van der Waals surface area contributed by atoms with E-state index >= 15 is 0 Å². The van der Waals surface area contributed by atoms with Gasteiger partial charge in [0.1, 0.15) is 17.1 Å². The van der Waals surface area contributed by atoms with Crippen LogP contribution in [0.5, 0.6) is 0 Å². The molecule has 2 heterocycles. The average Bonchev–Trinajstić information content (AvgIpc) is 2.57. The molecule has 7 nitrogen and oxygen atoms in total. The van der Waals surface area contributed by atoms with Gasteiger partial charge in [0.05, 0.1) is 12.4 Å². The van der Waals surface area contributed by atoms with Crippen molar-refractivity contribution < 1.29 is 19.4 Å². The van der Waals surface area contributed by atoms with Crippen LogP contribution >= 0.6 is 0 Å². The molecule has 1 aromatic heterocycles. The summed E-state index contributed by atoms with van der Waals surface area (Å²) in [5, 5.41) is 20.3. The van der Waals surface area contributed by atoms with Crippen molar-refractivity contribution in [3.63, 3.8) is 0 Å². The number of hydrogen-bond acceptors (Lipinski definition) is 5. The van der Waals surface area contributed by atoms with Gasteiger partial charge in [-0.25, -0.2) is 9.37 Å². The van der Waals surface area contributed by atoms with E-state index in [9.17, 15) is 24.2 Å². The largest absolute Gasteiger partial charge is 0.481 e. The monoisotopic (exact) mass is 347 g/mol. The number of H-pyrrole nitrogens is 1. The average molecular weight is 347 g/mol. The van der Waals surface area contributed by atoms with Crippen LogP contribution in [-0.4, -0.2) is 45.3 Å². The minimum atomic E-state index is -1.52. The molecule has 0 radical (unpaired) electrons. The summed E-state index contributed by atoms with van der Waals surface area (Å²) >= 11 is 0. The summed E-state index contributed by atoms with van der Waals surface area (Å²) in [6, 6.07) is 6.96. The van der Waals surface area contributed by atoms with Crippen molar-refractivity contribution in [2.75, 3.05) is 18.0 Å². The van der Waals surface area contributed by atoms with Crippen LogP contribution in [0.25, 0.3) is 0 Å². The number of rotatable bonds is 4. The number of aliphatic hydroxyl groups excluding tert-OH is 1. The summed E-state index contributed by atoms with van der Waals surface area (Å²) in [6.07, 6.45) is 0.334. The second kappa shape index (κ2) is 6.64. The van der Waals surface area contributed by atoms with Gasteiger partial charge in [0.2, 0.25) is 0 Å². The molecule has 0 spiro atoms. The molecule has 1 aromatic carbocycles. The Labute approximate surface area is 142 Å². The van der Waals surface area contributed by atoms with Gasteiger partial charge in [-0.05, 0) is 30.5 Å². The molecular formula is C17H18FN3O4. The number of hydrogen-bond donors (Lipinski definition) is 3. The van der Waals surface area contributed by atoms with Crippen LogP contribution in [0, 0.1) is 11.2 Å². The molecule has 25 heavy (non-hydrogen) atoms. The zero-order valence-corrected chi connectivity index (χ0v) is 13.4. The lowest BCUT2D eigenvalue weighted by molar-refractivity contribution is -0.157. The number of piperidine rings is 1. The number of anilines is 1. The Hall–Kier alpha value is -2.74. The number of benzene rings is 1. The Balaban J connectivity index is 1.95. The number of carbonyl (C=O) groups is 1. The summed E-state index contributed by atoms with van der Waals surface area (Å²) < 4.78 is 13.5. The van der Waals surface area contributed by atoms with Crippen LogP contribution in [0.3, 0.4) is 0 Å². The van der Waals surface area contributed by atoms with E-state index in [4.69, 9.17) is 0 Å². The van der Waals surface area contributed by atoms with E-state index in [1.165, 1.54) is 30.6 Å². The van der Waals surface area contributed by atoms with Gasteiger partial charge in [0, 0.05) is 19.2 Å². The number of aliphatic hydroxyl groups is 1. The predicted molar refractivity (Wildman–Crippen MR) is 87.9 cm³/mol. The van der Waals surface area contributed by atoms with Crippen LogP contribution in [0.1, 0.15) is 12.0 Å². The van der Waals surface area contributed by atoms with Crippen molar-refractivity contribution in [1.29, 1.82) is 0 Å². The van der Waals surface area contributed by atoms with Gasteiger partial charge in [-0.2, -0.15) is 0 Å². The maximum atomic E-state index is 13.5. The zero-order valence-electron chi connectivity index (χ0n) is 13.4. The summed E-state index contributed by atoms with van der Waals surface area (Å²) in [7, 11) is 0. The topological polar surface area (TPSA) is 107 Å². The highest BCUT2D eigenvalue weighted by molar-refractivity contribution is 5.77. The normalized spacial score (nSPS) is 23.4. The Morgan fingerprint density at radius 2 is 2.24 bits per heavy atom. The Kier molecular flexibility index (Phi) is 4.54. The quantitative estimate of drug-likeness (QED) is 0.755. The van der Waals surface area contributed by atoms with E-state index in [-0.39, 0.29) is 24.9 Å². The van der Waals surface area contributed by atoms with Crippen LogP contribution < -0.4 is 10.5 Å². The molecule has 132 valence electrons. The summed E-state index contributed by atoms with van der Waals surface area (Å²) in [6.45, 7) is 0.340. The van der Waals surface area contributed by atoms with Crippen molar-refractivity contribution in [2.45, 2.75) is 18.9 Å². The van der Waals surface area contributed by atoms with Crippen molar-refractivity contribution in [3.8, 4) is 0 Å². The van der Waals surface area contributed by atoms with E-state index in [2.05, 4.69) is 9.97 Å². The number of aliphatic carboxylic acids is 1. The fourth-order valence-corrected chi connectivity index (χ4v) is 3.28. The van der Waals surface area contributed by atoms with Gasteiger partial charge in [0.25, 0.3) is 5.56 Å². The third kappa shape index (κ3) is 3.39. The molecule has 3 rings (SSSR count). The van der Waals surface area contributed by atoms with Crippen molar-refractivity contribution in [2.24, 2.45) is 5.41 Å². The van der Waals surface area contributed by atoms with Crippen molar-refractivity contribution in [1.82, 2.24) is 9.97 Å². The number of nitrogens with zero attached hydrogens (tertiary/aromatic N) is 2. The first-order valence-corrected chi connectivity index (χ1v) is 7.86. The highest BCUT2D eigenvalue weighted by atomic mass is 19.1. The number of nitrogens with one attached hydrogen (secondary N) is 1. The van der Waals surface area contributed by atoms with E-state index in [1.54, 1.807) is 11.0 Å². The summed E-state index contributed by atoms with van der Waals surface area (Å²) in [4.78, 5) is 31.7. The maximum absolute atomic E-state index is 13.5. The first-order valence-electron chi connectivity index (χ1n) is 7.86. The molecule has 1 saturated heterocycles. The Bertz CT molecular complexity index is 840. The molecule has 0 amide bonds. The van der Waals surface area contributed by atoms with E-state index in [0.29, 0.717) is 17.9 Å². The third-order valence-corrected chi connectivity index (χ3v) is 4.61. The minimum Gasteiger partial charge on any atom is -0.481 e. The molecule has 0 unspecified atom stereocenters. The predicted octanol–water partition coefficient (Wildman–Crippen LogP) is 0.794. The van der Waals surface area contributed by atoms with Crippen LogP contribution in [0.4, 0.5) is 10.2 Å². The smallest absolute Gasteiger partial charge is 0.314 e. The molecule has 2 aromatic rings. The molecule has 1 aliphatic heterocycles. The summed E-state index contributed by atoms with van der Waals surface area (Å²) in [5.74, 6) is -1.28. The number of halogens is 1. The number of carboxylic acid groups (broad SMARTS) is 1. The fraction of sp³-hybridized carbons (Fsp3) is 0.353. The van der Waals surface area contributed by atoms with E-state index in [1.807, 2.05) is 0 Å². The van der Waals surface area contributed by atoms with E-state index in [0.717, 1.165) is 0 Å². The van der Waals surface area contributed by atoms with Crippen LogP contribution in [-0.2, 0) is 11.2 Å². The summed E-state index contributed by atoms with van der Waals surface area (Å²) in [5.41, 5.74) is -1.37. The van der Waals surface area contributed by atoms with Crippen LogP contribution in [0.15, 0.2) is 41.5 Å². The Morgan fingerprint density at radius 1 is 1.44 bits per heavy atom. The lowest BCUT2D eigenvalue weighted by atomic mass is 9.73. The number of aromatic nitrogens is 2. The number of carboxylic acids is 1. The third-order valence-electron chi connectivity index (χ3n) is 4.61. The lowest BCUT2D eigenvalue weighted by Gasteiger charge is -2.43. The minimum absolute atomic E-state index is 0.0268. The van der Waals surface area contributed by atoms with Crippen molar-refractivity contribution in [3.05, 3.63) is 58.4 Å². The Morgan fingerprint density at radius 3 is 2.92 bits per heavy atom. The van der Waals surface area contributed by atoms with Gasteiger partial charge in [-0.15, -0.1) is 0 Å². The van der Waals surface area contributed by atoms with E-state index < -0.39 is 23.3 Å². The molecule has 3 N–H and O–H groups in total. The molecular weight excluding hydrogens is 329 g/mol. The van der Waals surface area contributed by atoms with Gasteiger partial charge in [-0.1, -0.05) is 12.1 Å². The molecule has 1 fully saturated rings. The van der Waals surface area contributed by atoms with Crippen LogP contribution in [0.2, 0.25) is 0 Å².